The summed E-state index contributed by atoms with van der Waals surface area (Å²) in [6.07, 6.45) is 1.49. The summed E-state index contributed by atoms with van der Waals surface area (Å²) in [5.41, 5.74) is 1.84. The Morgan fingerprint density at radius 3 is 2.61 bits per heavy atom. The van der Waals surface area contributed by atoms with E-state index in [0.29, 0.717) is 51.3 Å². The summed E-state index contributed by atoms with van der Waals surface area (Å²) >= 11 is 0. The van der Waals surface area contributed by atoms with Crippen molar-refractivity contribution < 1.29 is 28.5 Å². The fourth-order valence-electron chi connectivity index (χ4n) is 4.44. The number of aliphatic hydroxyl groups is 1. The summed E-state index contributed by atoms with van der Waals surface area (Å²) in [6, 6.07) is 12.0. The molecule has 1 N–H and O–H groups in total. The number of urea groups is 1. The van der Waals surface area contributed by atoms with Gasteiger partial charge in [0.05, 0.1) is 11.7 Å². The molecule has 0 aliphatic carbocycles. The molecule has 1 unspecified atom stereocenters. The van der Waals surface area contributed by atoms with Gasteiger partial charge in [-0.2, -0.15) is 0 Å². The highest BCUT2D eigenvalue weighted by molar-refractivity contribution is 5.91. The number of amides is 2. The molecule has 0 aromatic heterocycles. The number of carbonyl (C=O) groups is 1. The van der Waals surface area contributed by atoms with Gasteiger partial charge in [0.1, 0.15) is 18.2 Å². The van der Waals surface area contributed by atoms with E-state index >= 15 is 0 Å². The van der Waals surface area contributed by atoms with Crippen LogP contribution in [0.15, 0.2) is 42.5 Å². The number of hydrogen-bond donors (Lipinski definition) is 1. The highest BCUT2D eigenvalue weighted by Crippen LogP contribution is 2.37. The molecule has 2 heterocycles. The fraction of sp³-hybridized carbons (Fsp3) is 0.480. The van der Waals surface area contributed by atoms with Gasteiger partial charge in [-0.3, -0.25) is 4.90 Å². The Balaban J connectivity index is 1.40. The van der Waals surface area contributed by atoms with E-state index in [1.807, 2.05) is 30.3 Å². The number of methoxy groups -OCH3 is 1. The number of benzene rings is 2. The maximum atomic E-state index is 14.4. The smallest absolute Gasteiger partial charge is 0.324 e. The SMILES string of the molecule is COC1(c2cc(F)cc(OCc3ccc(N(C)C(=O)N4CCC(O)C4)cc3)c2)CCOCC1. The molecule has 1 atom stereocenters. The zero-order valence-electron chi connectivity index (χ0n) is 19.1. The van der Waals surface area contributed by atoms with Crippen LogP contribution in [0.1, 0.15) is 30.4 Å². The molecule has 2 aromatic carbocycles. The Morgan fingerprint density at radius 1 is 1.24 bits per heavy atom. The lowest BCUT2D eigenvalue weighted by Gasteiger charge is -2.36. The van der Waals surface area contributed by atoms with E-state index in [9.17, 15) is 14.3 Å². The van der Waals surface area contributed by atoms with Crippen molar-refractivity contribution in [3.05, 3.63) is 59.4 Å². The predicted molar refractivity (Wildman–Crippen MR) is 122 cm³/mol. The highest BCUT2D eigenvalue weighted by Gasteiger charge is 2.35. The van der Waals surface area contributed by atoms with E-state index in [0.717, 1.165) is 16.8 Å². The first-order valence-corrected chi connectivity index (χ1v) is 11.3. The van der Waals surface area contributed by atoms with E-state index in [4.69, 9.17) is 14.2 Å². The molecule has 2 aliphatic heterocycles. The van der Waals surface area contributed by atoms with Gasteiger partial charge >= 0.3 is 6.03 Å². The molecule has 178 valence electrons. The highest BCUT2D eigenvalue weighted by atomic mass is 19.1. The minimum Gasteiger partial charge on any atom is -0.489 e. The number of anilines is 1. The van der Waals surface area contributed by atoms with Crippen LogP contribution in [0.3, 0.4) is 0 Å². The van der Waals surface area contributed by atoms with Crippen molar-refractivity contribution in [1.82, 2.24) is 4.90 Å². The molecule has 2 amide bonds. The van der Waals surface area contributed by atoms with Crippen molar-refractivity contribution in [2.45, 2.75) is 37.6 Å². The molecular weight excluding hydrogens is 427 g/mol. The van der Waals surface area contributed by atoms with Gasteiger partial charge in [-0.1, -0.05) is 12.1 Å². The van der Waals surface area contributed by atoms with Gasteiger partial charge in [0.15, 0.2) is 0 Å². The summed E-state index contributed by atoms with van der Waals surface area (Å²) in [5.74, 6) is 0.0739. The van der Waals surface area contributed by atoms with Crippen molar-refractivity contribution in [3.63, 3.8) is 0 Å². The van der Waals surface area contributed by atoms with Gasteiger partial charge in [-0.05, 0) is 41.8 Å². The van der Waals surface area contributed by atoms with Crippen LogP contribution in [-0.4, -0.2) is 62.6 Å². The summed E-state index contributed by atoms with van der Waals surface area (Å²) in [5, 5.41) is 9.66. The number of ether oxygens (including phenoxy) is 3. The first-order valence-electron chi connectivity index (χ1n) is 11.3. The van der Waals surface area contributed by atoms with Crippen molar-refractivity contribution in [1.29, 1.82) is 0 Å². The van der Waals surface area contributed by atoms with Crippen LogP contribution in [0.25, 0.3) is 0 Å². The van der Waals surface area contributed by atoms with Crippen LogP contribution >= 0.6 is 0 Å². The Labute approximate surface area is 193 Å². The normalized spacial score (nSPS) is 20.0. The quantitative estimate of drug-likeness (QED) is 0.715. The first-order chi connectivity index (χ1) is 15.9. The molecule has 0 radical (unpaired) electrons. The van der Waals surface area contributed by atoms with E-state index in [1.165, 1.54) is 12.1 Å². The van der Waals surface area contributed by atoms with Gasteiger partial charge in [0, 0.05) is 65.1 Å². The monoisotopic (exact) mass is 458 g/mol. The second-order valence-electron chi connectivity index (χ2n) is 8.67. The minimum absolute atomic E-state index is 0.136. The zero-order chi connectivity index (χ0) is 23.4. The van der Waals surface area contributed by atoms with Crippen LogP contribution in [-0.2, 0) is 21.7 Å². The molecule has 0 bridgehead atoms. The summed E-state index contributed by atoms with van der Waals surface area (Å²) in [4.78, 5) is 15.8. The lowest BCUT2D eigenvalue weighted by molar-refractivity contribution is -0.0950. The molecule has 33 heavy (non-hydrogen) atoms. The zero-order valence-corrected chi connectivity index (χ0v) is 19.1. The standard InChI is InChI=1S/C25H31FN2O5/c1-27(24(30)28-10-7-22(29)16-28)21-5-3-18(4-6-21)17-33-23-14-19(13-20(26)15-23)25(31-2)8-11-32-12-9-25/h3-6,13-15,22,29H,7-12,16-17H2,1-2H3. The van der Waals surface area contributed by atoms with E-state index in [1.54, 1.807) is 24.0 Å². The fourth-order valence-corrected chi connectivity index (χ4v) is 4.44. The van der Waals surface area contributed by atoms with Crippen molar-refractivity contribution in [2.75, 3.05) is 45.4 Å². The maximum absolute atomic E-state index is 14.4. The number of likely N-dealkylation sites (tertiary alicyclic amines) is 1. The van der Waals surface area contributed by atoms with E-state index in [-0.39, 0.29) is 18.5 Å². The van der Waals surface area contributed by atoms with Crippen molar-refractivity contribution >= 4 is 11.7 Å². The molecule has 0 saturated carbocycles. The first kappa shape index (κ1) is 23.5. The Bertz CT molecular complexity index is 962. The molecule has 2 aromatic rings. The lowest BCUT2D eigenvalue weighted by atomic mass is 9.86. The average molecular weight is 459 g/mol. The van der Waals surface area contributed by atoms with Gasteiger partial charge in [0.2, 0.25) is 0 Å². The van der Waals surface area contributed by atoms with Crippen molar-refractivity contribution in [2.24, 2.45) is 0 Å². The third-order valence-corrected chi connectivity index (χ3v) is 6.54. The predicted octanol–water partition coefficient (Wildman–Crippen LogP) is 3.68. The molecule has 4 rings (SSSR count). The number of β-amino-alcohol motifs (C(OH)–C–C–N with tert-alkyl or cyclic N) is 1. The lowest BCUT2D eigenvalue weighted by Crippen LogP contribution is -2.40. The third kappa shape index (κ3) is 5.29. The number of rotatable bonds is 6. The topological polar surface area (TPSA) is 71.5 Å². The number of carbonyl (C=O) groups excluding carboxylic acids is 1. The molecule has 2 aliphatic rings. The molecule has 0 spiro atoms. The van der Waals surface area contributed by atoms with Crippen LogP contribution < -0.4 is 9.64 Å². The Hall–Kier alpha value is -2.68. The van der Waals surface area contributed by atoms with E-state index in [2.05, 4.69) is 0 Å². The number of aliphatic hydroxyl groups excluding tert-OH is 1. The summed E-state index contributed by atoms with van der Waals surface area (Å²) in [7, 11) is 3.36. The minimum atomic E-state index is -0.567. The van der Waals surface area contributed by atoms with Crippen LogP contribution in [0.4, 0.5) is 14.9 Å². The Morgan fingerprint density at radius 2 is 1.97 bits per heavy atom. The summed E-state index contributed by atoms with van der Waals surface area (Å²) < 4.78 is 31.5. The summed E-state index contributed by atoms with van der Waals surface area (Å²) in [6.45, 7) is 2.33. The van der Waals surface area contributed by atoms with Gasteiger partial charge in [0.25, 0.3) is 0 Å². The average Bonchev–Trinajstić information content (AvgIpc) is 3.28. The van der Waals surface area contributed by atoms with Crippen LogP contribution in [0.2, 0.25) is 0 Å². The number of halogens is 1. The van der Waals surface area contributed by atoms with Gasteiger partial charge in [-0.25, -0.2) is 9.18 Å². The largest absolute Gasteiger partial charge is 0.489 e. The molecule has 8 heteroatoms. The second kappa shape index (κ2) is 10.1. The maximum Gasteiger partial charge on any atom is 0.324 e. The molecule has 7 nitrogen and oxygen atoms in total. The molecule has 2 fully saturated rings. The molecular formula is C25H31FN2O5. The Kier molecular flexibility index (Phi) is 7.17. The second-order valence-corrected chi connectivity index (χ2v) is 8.67. The van der Waals surface area contributed by atoms with Crippen LogP contribution in [0.5, 0.6) is 5.75 Å². The number of hydrogen-bond acceptors (Lipinski definition) is 5. The van der Waals surface area contributed by atoms with E-state index < -0.39 is 11.7 Å². The van der Waals surface area contributed by atoms with Gasteiger partial charge < -0.3 is 24.2 Å². The van der Waals surface area contributed by atoms with Crippen LogP contribution in [0, 0.1) is 5.82 Å². The third-order valence-electron chi connectivity index (χ3n) is 6.54. The number of nitrogens with zero attached hydrogens (tertiary/aromatic N) is 2. The van der Waals surface area contributed by atoms with Crippen molar-refractivity contribution in [3.8, 4) is 5.75 Å². The molecule has 2 saturated heterocycles. The van der Waals surface area contributed by atoms with Gasteiger partial charge in [-0.15, -0.1) is 0 Å².